The molecular formula is C32H44NO3+. The fourth-order valence-electron chi connectivity index (χ4n) is 4.21. The average molecular weight is 491 g/mol. The Morgan fingerprint density at radius 1 is 0.583 bits per heavy atom. The van der Waals surface area contributed by atoms with Gasteiger partial charge in [-0.2, -0.15) is 0 Å². The van der Waals surface area contributed by atoms with Crippen molar-refractivity contribution in [1.82, 2.24) is 0 Å². The van der Waals surface area contributed by atoms with E-state index in [4.69, 9.17) is 14.2 Å². The summed E-state index contributed by atoms with van der Waals surface area (Å²) in [6.07, 6.45) is 7.16. The highest BCUT2D eigenvalue weighted by Crippen LogP contribution is 2.23. The van der Waals surface area contributed by atoms with Crippen LogP contribution in [0, 0.1) is 0 Å². The Hall–Kier alpha value is -2.82. The van der Waals surface area contributed by atoms with Gasteiger partial charge in [-0.3, -0.25) is 0 Å². The standard InChI is InChI=1S/C32H44NO3/c1-33(2,3)32(29-18-12-9-13-19-29)27-34-24-14-6-4-5-7-15-25-35-30-20-22-31(23-21-30)36-26-28-16-10-8-11-17-28/h8-13,16-23,32H,4-7,14-15,24-27H2,1-3H3/q+1. The fourth-order valence-corrected chi connectivity index (χ4v) is 4.21. The Morgan fingerprint density at radius 2 is 1.11 bits per heavy atom. The molecule has 3 aromatic carbocycles. The molecule has 0 radical (unpaired) electrons. The first-order valence-electron chi connectivity index (χ1n) is 13.4. The summed E-state index contributed by atoms with van der Waals surface area (Å²) in [5.41, 5.74) is 2.52. The van der Waals surface area contributed by atoms with Crippen LogP contribution in [0.4, 0.5) is 0 Å². The highest BCUT2D eigenvalue weighted by molar-refractivity contribution is 5.31. The molecule has 194 valence electrons. The largest absolute Gasteiger partial charge is 0.494 e. The van der Waals surface area contributed by atoms with Crippen molar-refractivity contribution in [3.05, 3.63) is 96.1 Å². The monoisotopic (exact) mass is 490 g/mol. The Bertz CT molecular complexity index is 952. The number of unbranched alkanes of at least 4 members (excludes halogenated alkanes) is 5. The molecule has 0 aliphatic carbocycles. The van der Waals surface area contributed by atoms with Crippen LogP contribution in [-0.2, 0) is 11.3 Å². The molecule has 3 aromatic rings. The van der Waals surface area contributed by atoms with Crippen LogP contribution in [-0.4, -0.2) is 45.4 Å². The summed E-state index contributed by atoms with van der Waals surface area (Å²) in [6, 6.07) is 29.2. The van der Waals surface area contributed by atoms with Crippen LogP contribution in [0.1, 0.15) is 55.7 Å². The lowest BCUT2D eigenvalue weighted by atomic mass is 10.1. The van der Waals surface area contributed by atoms with Gasteiger partial charge in [0.05, 0.1) is 27.7 Å². The minimum absolute atomic E-state index is 0.365. The van der Waals surface area contributed by atoms with Crippen LogP contribution in [0.2, 0.25) is 0 Å². The highest BCUT2D eigenvalue weighted by atomic mass is 16.5. The molecule has 1 atom stereocenters. The molecule has 36 heavy (non-hydrogen) atoms. The molecular weight excluding hydrogens is 446 g/mol. The number of ether oxygens (including phenoxy) is 3. The molecule has 0 spiro atoms. The predicted octanol–water partition coefficient (Wildman–Crippen LogP) is 7.45. The molecule has 0 aromatic heterocycles. The Kier molecular flexibility index (Phi) is 11.8. The minimum atomic E-state index is 0.365. The minimum Gasteiger partial charge on any atom is -0.494 e. The number of likely N-dealkylation sites (N-methyl/N-ethyl adjacent to an activating group) is 1. The van der Waals surface area contributed by atoms with Gasteiger partial charge in [-0.25, -0.2) is 0 Å². The summed E-state index contributed by atoms with van der Waals surface area (Å²) in [5.74, 6) is 1.77. The maximum atomic E-state index is 6.07. The lowest BCUT2D eigenvalue weighted by Gasteiger charge is -2.34. The number of hydrogen-bond donors (Lipinski definition) is 0. The summed E-state index contributed by atoms with van der Waals surface area (Å²) >= 11 is 0. The normalized spacial score (nSPS) is 12.3. The molecule has 0 aliphatic rings. The van der Waals surface area contributed by atoms with E-state index in [0.717, 1.165) is 48.6 Å². The van der Waals surface area contributed by atoms with E-state index in [-0.39, 0.29) is 0 Å². The van der Waals surface area contributed by atoms with Crippen molar-refractivity contribution in [3.8, 4) is 11.5 Å². The van der Waals surface area contributed by atoms with Crippen molar-refractivity contribution in [2.75, 3.05) is 41.0 Å². The first-order chi connectivity index (χ1) is 17.5. The van der Waals surface area contributed by atoms with Gasteiger partial charge in [-0.1, -0.05) is 86.3 Å². The first-order valence-corrected chi connectivity index (χ1v) is 13.4. The van der Waals surface area contributed by atoms with Crippen LogP contribution in [0.25, 0.3) is 0 Å². The zero-order valence-electron chi connectivity index (χ0n) is 22.4. The van der Waals surface area contributed by atoms with Crippen LogP contribution < -0.4 is 9.47 Å². The molecule has 0 saturated heterocycles. The van der Waals surface area contributed by atoms with Crippen LogP contribution in [0.5, 0.6) is 11.5 Å². The van der Waals surface area contributed by atoms with Gasteiger partial charge in [-0.05, 0) is 42.7 Å². The van der Waals surface area contributed by atoms with Gasteiger partial charge in [0, 0.05) is 12.2 Å². The molecule has 4 heteroatoms. The van der Waals surface area contributed by atoms with Gasteiger partial charge in [0.25, 0.3) is 0 Å². The third kappa shape index (κ3) is 10.4. The number of rotatable bonds is 17. The van der Waals surface area contributed by atoms with Gasteiger partial charge in [-0.15, -0.1) is 0 Å². The van der Waals surface area contributed by atoms with E-state index < -0.39 is 0 Å². The quantitative estimate of drug-likeness (QED) is 0.145. The molecule has 0 N–H and O–H groups in total. The summed E-state index contributed by atoms with van der Waals surface area (Å²) in [4.78, 5) is 0. The zero-order chi connectivity index (χ0) is 25.5. The average Bonchev–Trinajstić information content (AvgIpc) is 2.89. The predicted molar refractivity (Wildman–Crippen MR) is 148 cm³/mol. The SMILES string of the molecule is C[N+](C)(C)C(COCCCCCCCCOc1ccc(OCc2ccccc2)cc1)c1ccccc1. The number of nitrogens with zero attached hydrogens (tertiary/aromatic N) is 1. The van der Waals surface area contributed by atoms with Gasteiger partial charge in [0.1, 0.15) is 30.8 Å². The lowest BCUT2D eigenvalue weighted by molar-refractivity contribution is -0.902. The van der Waals surface area contributed by atoms with E-state index in [9.17, 15) is 0 Å². The molecule has 3 rings (SSSR count). The van der Waals surface area contributed by atoms with Crippen molar-refractivity contribution < 1.29 is 18.7 Å². The Labute approximate surface area is 218 Å². The third-order valence-corrected chi connectivity index (χ3v) is 6.42. The van der Waals surface area contributed by atoms with E-state index in [0.29, 0.717) is 12.6 Å². The molecule has 0 saturated carbocycles. The smallest absolute Gasteiger partial charge is 0.138 e. The third-order valence-electron chi connectivity index (χ3n) is 6.42. The van der Waals surface area contributed by atoms with Crippen LogP contribution in [0.15, 0.2) is 84.9 Å². The van der Waals surface area contributed by atoms with Crippen molar-refractivity contribution >= 4 is 0 Å². The van der Waals surface area contributed by atoms with E-state index in [2.05, 4.69) is 63.6 Å². The van der Waals surface area contributed by atoms with Gasteiger partial charge in [0.2, 0.25) is 0 Å². The molecule has 0 amide bonds. The van der Waals surface area contributed by atoms with Gasteiger partial charge < -0.3 is 18.7 Å². The first kappa shape index (κ1) is 27.8. The highest BCUT2D eigenvalue weighted by Gasteiger charge is 2.25. The summed E-state index contributed by atoms with van der Waals surface area (Å²) in [7, 11) is 6.71. The maximum absolute atomic E-state index is 6.07. The zero-order valence-corrected chi connectivity index (χ0v) is 22.4. The Morgan fingerprint density at radius 3 is 1.72 bits per heavy atom. The lowest BCUT2D eigenvalue weighted by Crippen LogP contribution is -2.41. The Balaban J connectivity index is 1.18. The van der Waals surface area contributed by atoms with E-state index in [1.165, 1.54) is 36.8 Å². The van der Waals surface area contributed by atoms with Gasteiger partial charge in [0.15, 0.2) is 0 Å². The second-order valence-electron chi connectivity index (χ2n) is 10.3. The second-order valence-corrected chi connectivity index (χ2v) is 10.3. The van der Waals surface area contributed by atoms with Crippen molar-refractivity contribution in [3.63, 3.8) is 0 Å². The van der Waals surface area contributed by atoms with E-state index in [1.807, 2.05) is 42.5 Å². The topological polar surface area (TPSA) is 27.7 Å². The molecule has 0 heterocycles. The molecule has 1 unspecified atom stereocenters. The molecule has 0 aliphatic heterocycles. The van der Waals surface area contributed by atoms with Crippen LogP contribution in [0.3, 0.4) is 0 Å². The number of hydrogen-bond acceptors (Lipinski definition) is 3. The van der Waals surface area contributed by atoms with E-state index >= 15 is 0 Å². The summed E-state index contributed by atoms with van der Waals surface area (Å²) in [5, 5.41) is 0. The number of quaternary nitrogens is 1. The molecule has 0 bridgehead atoms. The van der Waals surface area contributed by atoms with Crippen LogP contribution >= 0.6 is 0 Å². The summed E-state index contributed by atoms with van der Waals surface area (Å²) < 4.78 is 18.7. The number of benzene rings is 3. The maximum Gasteiger partial charge on any atom is 0.138 e. The fraction of sp³-hybridized carbons (Fsp3) is 0.438. The molecule has 0 fully saturated rings. The molecule has 4 nitrogen and oxygen atoms in total. The summed E-state index contributed by atoms with van der Waals surface area (Å²) in [6.45, 7) is 2.96. The van der Waals surface area contributed by atoms with E-state index in [1.54, 1.807) is 0 Å². The van der Waals surface area contributed by atoms with Crippen molar-refractivity contribution in [2.24, 2.45) is 0 Å². The van der Waals surface area contributed by atoms with Gasteiger partial charge >= 0.3 is 0 Å². The van der Waals surface area contributed by atoms with Crippen molar-refractivity contribution in [2.45, 2.75) is 51.2 Å². The van der Waals surface area contributed by atoms with Crippen molar-refractivity contribution in [1.29, 1.82) is 0 Å². The second kappa shape index (κ2) is 15.3.